The van der Waals surface area contributed by atoms with E-state index in [-0.39, 0.29) is 24.7 Å². The lowest BCUT2D eigenvalue weighted by molar-refractivity contribution is -0.133. The number of nitrogens with one attached hydrogen (secondary N) is 1. The van der Waals surface area contributed by atoms with E-state index in [2.05, 4.69) is 16.8 Å². The van der Waals surface area contributed by atoms with Gasteiger partial charge in [-0.3, -0.25) is 9.59 Å². The van der Waals surface area contributed by atoms with Gasteiger partial charge in [0.1, 0.15) is 11.5 Å². The Hall–Kier alpha value is -3.12. The third-order valence-electron chi connectivity index (χ3n) is 4.82. The number of anilines is 1. The van der Waals surface area contributed by atoms with E-state index < -0.39 is 0 Å². The predicted octanol–water partition coefficient (Wildman–Crippen LogP) is 4.84. The van der Waals surface area contributed by atoms with E-state index in [4.69, 9.17) is 4.74 Å². The minimum Gasteiger partial charge on any atom is -0.457 e. The third kappa shape index (κ3) is 5.03. The number of hydrogen-bond acceptors (Lipinski definition) is 4. The minimum absolute atomic E-state index is 0.0261. The Morgan fingerprint density at radius 3 is 2.69 bits per heavy atom. The van der Waals surface area contributed by atoms with E-state index in [1.807, 2.05) is 47.4 Å². The van der Waals surface area contributed by atoms with E-state index in [1.54, 1.807) is 23.5 Å². The first-order valence-corrected chi connectivity index (χ1v) is 10.5. The SMILES string of the molecule is O=C(CCC(=O)N1CCc2sccc2C1)Nc1cccc(Oc2ccccc2)c1. The molecule has 148 valence electrons. The van der Waals surface area contributed by atoms with Crippen molar-refractivity contribution in [3.8, 4) is 11.5 Å². The van der Waals surface area contributed by atoms with Crippen molar-refractivity contribution in [2.75, 3.05) is 11.9 Å². The van der Waals surface area contributed by atoms with Gasteiger partial charge in [-0.15, -0.1) is 11.3 Å². The second-order valence-corrected chi connectivity index (χ2v) is 7.93. The van der Waals surface area contributed by atoms with E-state index >= 15 is 0 Å². The number of hydrogen-bond donors (Lipinski definition) is 1. The Morgan fingerprint density at radius 1 is 1.00 bits per heavy atom. The van der Waals surface area contributed by atoms with Crippen LogP contribution in [0.5, 0.6) is 11.5 Å². The van der Waals surface area contributed by atoms with Crippen LogP contribution in [0.4, 0.5) is 5.69 Å². The van der Waals surface area contributed by atoms with Crippen molar-refractivity contribution in [2.24, 2.45) is 0 Å². The molecule has 0 saturated carbocycles. The van der Waals surface area contributed by atoms with Crippen LogP contribution in [-0.2, 0) is 22.6 Å². The molecule has 4 rings (SSSR count). The summed E-state index contributed by atoms with van der Waals surface area (Å²) in [5.74, 6) is 1.23. The fourth-order valence-corrected chi connectivity index (χ4v) is 4.22. The second kappa shape index (κ2) is 8.92. The molecular formula is C23H22N2O3S. The van der Waals surface area contributed by atoms with Gasteiger partial charge in [0.15, 0.2) is 0 Å². The molecule has 1 N–H and O–H groups in total. The van der Waals surface area contributed by atoms with Crippen LogP contribution >= 0.6 is 11.3 Å². The average Bonchev–Trinajstić information content (AvgIpc) is 3.21. The summed E-state index contributed by atoms with van der Waals surface area (Å²) in [6.45, 7) is 1.38. The van der Waals surface area contributed by atoms with Gasteiger partial charge in [-0.2, -0.15) is 0 Å². The predicted molar refractivity (Wildman–Crippen MR) is 114 cm³/mol. The van der Waals surface area contributed by atoms with Gasteiger partial charge in [0.25, 0.3) is 0 Å². The number of para-hydroxylation sites is 1. The summed E-state index contributed by atoms with van der Waals surface area (Å²) in [4.78, 5) is 28.0. The molecule has 0 bridgehead atoms. The largest absolute Gasteiger partial charge is 0.457 e. The number of ether oxygens (including phenoxy) is 1. The molecule has 0 fully saturated rings. The first-order chi connectivity index (χ1) is 14.2. The number of amides is 2. The lowest BCUT2D eigenvalue weighted by Crippen LogP contribution is -2.35. The van der Waals surface area contributed by atoms with Crippen LogP contribution < -0.4 is 10.1 Å². The Bertz CT molecular complexity index is 1000. The topological polar surface area (TPSA) is 58.6 Å². The van der Waals surface area contributed by atoms with Crippen LogP contribution in [-0.4, -0.2) is 23.3 Å². The summed E-state index contributed by atoms with van der Waals surface area (Å²) in [5, 5.41) is 4.92. The lowest BCUT2D eigenvalue weighted by atomic mass is 10.1. The first-order valence-electron chi connectivity index (χ1n) is 9.63. The third-order valence-corrected chi connectivity index (χ3v) is 5.85. The molecule has 2 aromatic carbocycles. The van der Waals surface area contributed by atoms with Crippen molar-refractivity contribution in [3.63, 3.8) is 0 Å². The van der Waals surface area contributed by atoms with Gasteiger partial charge < -0.3 is 15.0 Å². The Morgan fingerprint density at radius 2 is 1.83 bits per heavy atom. The molecule has 0 atom stereocenters. The molecular weight excluding hydrogens is 384 g/mol. The van der Waals surface area contributed by atoms with Crippen molar-refractivity contribution in [1.29, 1.82) is 0 Å². The van der Waals surface area contributed by atoms with Crippen molar-refractivity contribution in [3.05, 3.63) is 76.5 Å². The number of rotatable bonds is 6. The number of fused-ring (bicyclic) bond motifs is 1. The molecule has 0 aliphatic carbocycles. The van der Waals surface area contributed by atoms with Gasteiger partial charge >= 0.3 is 0 Å². The highest BCUT2D eigenvalue weighted by Crippen LogP contribution is 2.25. The maximum absolute atomic E-state index is 12.5. The summed E-state index contributed by atoms with van der Waals surface area (Å²) < 4.78 is 5.79. The highest BCUT2D eigenvalue weighted by molar-refractivity contribution is 7.10. The Labute approximate surface area is 173 Å². The van der Waals surface area contributed by atoms with Crippen molar-refractivity contribution in [1.82, 2.24) is 4.90 Å². The van der Waals surface area contributed by atoms with Crippen molar-refractivity contribution >= 4 is 28.8 Å². The number of benzene rings is 2. The van der Waals surface area contributed by atoms with E-state index in [0.29, 0.717) is 18.0 Å². The number of thiophene rings is 1. The van der Waals surface area contributed by atoms with Gasteiger partial charge in [-0.1, -0.05) is 24.3 Å². The number of nitrogens with zero attached hydrogens (tertiary/aromatic N) is 1. The number of carbonyl (C=O) groups excluding carboxylic acids is 2. The van der Waals surface area contributed by atoms with Crippen LogP contribution in [0, 0.1) is 0 Å². The van der Waals surface area contributed by atoms with Crippen LogP contribution in [0.3, 0.4) is 0 Å². The molecule has 5 nitrogen and oxygen atoms in total. The van der Waals surface area contributed by atoms with Gasteiger partial charge in [-0.05, 0) is 47.7 Å². The normalized spacial score (nSPS) is 12.9. The van der Waals surface area contributed by atoms with E-state index in [0.717, 1.165) is 18.7 Å². The zero-order valence-corrected chi connectivity index (χ0v) is 16.8. The van der Waals surface area contributed by atoms with Crippen LogP contribution in [0.15, 0.2) is 66.0 Å². The fourth-order valence-electron chi connectivity index (χ4n) is 3.33. The number of carbonyl (C=O) groups is 2. The molecule has 1 aromatic heterocycles. The van der Waals surface area contributed by atoms with Crippen molar-refractivity contribution < 1.29 is 14.3 Å². The van der Waals surface area contributed by atoms with Crippen LogP contribution in [0.25, 0.3) is 0 Å². The zero-order valence-electron chi connectivity index (χ0n) is 16.0. The van der Waals surface area contributed by atoms with Gasteiger partial charge in [0.2, 0.25) is 11.8 Å². The minimum atomic E-state index is -0.177. The van der Waals surface area contributed by atoms with Gasteiger partial charge in [0.05, 0.1) is 0 Å². The molecule has 1 aliphatic heterocycles. The summed E-state index contributed by atoms with van der Waals surface area (Å²) >= 11 is 1.75. The summed E-state index contributed by atoms with van der Waals surface area (Å²) in [7, 11) is 0. The van der Waals surface area contributed by atoms with Crippen molar-refractivity contribution in [2.45, 2.75) is 25.8 Å². The summed E-state index contributed by atoms with van der Waals surface area (Å²) in [5.41, 5.74) is 1.88. The quantitative estimate of drug-likeness (QED) is 0.637. The molecule has 3 aromatic rings. The maximum Gasteiger partial charge on any atom is 0.224 e. The molecule has 0 radical (unpaired) electrons. The van der Waals surface area contributed by atoms with Crippen LogP contribution in [0.1, 0.15) is 23.3 Å². The fraction of sp³-hybridized carbons (Fsp3) is 0.217. The molecule has 29 heavy (non-hydrogen) atoms. The monoisotopic (exact) mass is 406 g/mol. The second-order valence-electron chi connectivity index (χ2n) is 6.93. The average molecular weight is 407 g/mol. The van der Waals surface area contributed by atoms with Crippen LogP contribution in [0.2, 0.25) is 0 Å². The molecule has 0 unspecified atom stereocenters. The first kappa shape index (κ1) is 19.2. The standard InChI is InChI=1S/C23H22N2O3S/c26-22(9-10-23(27)25-13-11-21-17(16-25)12-14-29-21)24-18-5-4-8-20(15-18)28-19-6-2-1-3-7-19/h1-8,12,14-15H,9-11,13,16H2,(H,24,26). The highest BCUT2D eigenvalue weighted by Gasteiger charge is 2.21. The maximum atomic E-state index is 12.5. The zero-order chi connectivity index (χ0) is 20.1. The van der Waals surface area contributed by atoms with Gasteiger partial charge in [0, 0.05) is 42.6 Å². The molecule has 6 heteroatoms. The molecule has 0 saturated heterocycles. The van der Waals surface area contributed by atoms with Gasteiger partial charge in [-0.25, -0.2) is 0 Å². The lowest BCUT2D eigenvalue weighted by Gasteiger charge is -2.27. The van der Waals surface area contributed by atoms with E-state index in [1.165, 1.54) is 10.4 Å². The van der Waals surface area contributed by atoms with E-state index in [9.17, 15) is 9.59 Å². The molecule has 2 amide bonds. The Kier molecular flexibility index (Phi) is 5.91. The Balaban J connectivity index is 1.27. The smallest absolute Gasteiger partial charge is 0.224 e. The highest BCUT2D eigenvalue weighted by atomic mass is 32.1. The molecule has 2 heterocycles. The summed E-state index contributed by atoms with van der Waals surface area (Å²) in [6, 6.07) is 18.8. The molecule has 1 aliphatic rings. The summed E-state index contributed by atoms with van der Waals surface area (Å²) in [6.07, 6.45) is 1.28. The molecule has 0 spiro atoms.